The number of carbonyl (C=O) groups excluding carboxylic acids is 2. The second-order valence-corrected chi connectivity index (χ2v) is 8.51. The molecule has 0 N–H and O–H groups in total. The van der Waals surface area contributed by atoms with Crippen LogP contribution in [0.4, 0.5) is 5.69 Å². The number of Topliss-reactive ketones (excluding diaryl/α,β-unsaturated/α-hetero) is 1. The van der Waals surface area contributed by atoms with E-state index in [0.717, 1.165) is 36.2 Å². The van der Waals surface area contributed by atoms with Gasteiger partial charge in [0.05, 0.1) is 17.9 Å². The van der Waals surface area contributed by atoms with E-state index in [1.54, 1.807) is 17.0 Å². The molecular weight excluding hydrogens is 410 g/mol. The number of halogens is 1. The molecule has 7 heteroatoms. The van der Waals surface area contributed by atoms with Crippen molar-refractivity contribution in [1.29, 1.82) is 0 Å². The summed E-state index contributed by atoms with van der Waals surface area (Å²) in [6.45, 7) is 2.73. The zero-order valence-corrected chi connectivity index (χ0v) is 16.2. The van der Waals surface area contributed by atoms with Gasteiger partial charge >= 0.3 is 5.91 Å². The number of likely N-dealkylation sites (tertiary alicyclic amines) is 1. The number of pyridine rings is 1. The number of fused-ring (bicyclic) bond motifs is 5. The highest BCUT2D eigenvalue weighted by Gasteiger charge is 2.40. The van der Waals surface area contributed by atoms with Gasteiger partial charge in [0.2, 0.25) is 0 Å². The van der Waals surface area contributed by atoms with Crippen molar-refractivity contribution in [2.24, 2.45) is 5.92 Å². The monoisotopic (exact) mass is 427 g/mol. The molecule has 138 valence electrons. The van der Waals surface area contributed by atoms with Crippen molar-refractivity contribution in [3.05, 3.63) is 62.5 Å². The first-order chi connectivity index (χ1) is 13.0. The van der Waals surface area contributed by atoms with Gasteiger partial charge < -0.3 is 4.57 Å². The maximum Gasteiger partial charge on any atom is 0.300 e. The first kappa shape index (κ1) is 16.9. The Hall–Kier alpha value is -2.25. The first-order valence-electron chi connectivity index (χ1n) is 9.09. The summed E-state index contributed by atoms with van der Waals surface area (Å²) < 4.78 is 2.69. The molecule has 2 unspecified atom stereocenters. The normalized spacial score (nSPS) is 24.1. The summed E-state index contributed by atoms with van der Waals surface area (Å²) in [7, 11) is 0. The van der Waals surface area contributed by atoms with Crippen LogP contribution >= 0.6 is 15.9 Å². The lowest BCUT2D eigenvalue weighted by molar-refractivity contribution is -0.114. The maximum absolute atomic E-state index is 12.5. The van der Waals surface area contributed by atoms with Gasteiger partial charge in [-0.25, -0.2) is 0 Å². The molecule has 1 aromatic heterocycles. The Labute approximate surface area is 164 Å². The largest absolute Gasteiger partial charge is 0.312 e. The van der Waals surface area contributed by atoms with Crippen LogP contribution in [0.1, 0.15) is 28.4 Å². The summed E-state index contributed by atoms with van der Waals surface area (Å²) in [6.07, 6.45) is 1.07. The molecule has 1 saturated heterocycles. The number of amides is 1. The van der Waals surface area contributed by atoms with E-state index in [4.69, 9.17) is 0 Å². The third-order valence-corrected chi connectivity index (χ3v) is 6.32. The lowest BCUT2D eigenvalue weighted by Gasteiger charge is -2.43. The number of nitrogens with zero attached hydrogens (tertiary/aromatic N) is 3. The van der Waals surface area contributed by atoms with Crippen LogP contribution in [-0.4, -0.2) is 40.9 Å². The van der Waals surface area contributed by atoms with Crippen LogP contribution in [0, 0.1) is 5.92 Å². The molecule has 27 heavy (non-hydrogen) atoms. The first-order valence-corrected chi connectivity index (χ1v) is 9.88. The van der Waals surface area contributed by atoms with E-state index in [9.17, 15) is 14.4 Å². The smallest absolute Gasteiger partial charge is 0.300 e. The SMILES string of the molecule is O=C1C(=O)N(CN2CC3CC(C2)c2cccc(=O)n2C3)c2ccc(Br)cc21. The van der Waals surface area contributed by atoms with E-state index in [2.05, 4.69) is 20.8 Å². The molecule has 3 aliphatic heterocycles. The molecule has 3 aliphatic rings. The molecule has 0 radical (unpaired) electrons. The molecule has 0 aliphatic carbocycles. The molecule has 6 nitrogen and oxygen atoms in total. The number of piperidine rings is 1. The second kappa shape index (κ2) is 6.14. The van der Waals surface area contributed by atoms with Crippen molar-refractivity contribution in [3.63, 3.8) is 0 Å². The average Bonchev–Trinajstić information content (AvgIpc) is 2.87. The number of benzene rings is 1. The van der Waals surface area contributed by atoms with Crippen molar-refractivity contribution in [2.75, 3.05) is 24.7 Å². The third-order valence-electron chi connectivity index (χ3n) is 5.83. The van der Waals surface area contributed by atoms with E-state index in [1.807, 2.05) is 28.8 Å². The lowest BCUT2D eigenvalue weighted by Crippen LogP contribution is -2.51. The minimum absolute atomic E-state index is 0.0653. The molecule has 0 saturated carbocycles. The Morgan fingerprint density at radius 1 is 1.04 bits per heavy atom. The van der Waals surface area contributed by atoms with E-state index in [0.29, 0.717) is 23.8 Å². The molecule has 2 bridgehead atoms. The minimum Gasteiger partial charge on any atom is -0.312 e. The van der Waals surface area contributed by atoms with E-state index in [-0.39, 0.29) is 11.5 Å². The topological polar surface area (TPSA) is 62.6 Å². The van der Waals surface area contributed by atoms with Gasteiger partial charge in [-0.3, -0.25) is 24.2 Å². The predicted molar refractivity (Wildman–Crippen MR) is 104 cm³/mol. The predicted octanol–water partition coefficient (Wildman–Crippen LogP) is 2.22. The van der Waals surface area contributed by atoms with Crippen LogP contribution in [-0.2, 0) is 11.3 Å². The highest BCUT2D eigenvalue weighted by molar-refractivity contribution is 9.10. The molecule has 4 heterocycles. The van der Waals surface area contributed by atoms with Crippen LogP contribution in [0.3, 0.4) is 0 Å². The van der Waals surface area contributed by atoms with Crippen molar-refractivity contribution in [3.8, 4) is 0 Å². The molecule has 1 amide bonds. The molecule has 1 aromatic carbocycles. The van der Waals surface area contributed by atoms with Crippen molar-refractivity contribution in [2.45, 2.75) is 18.9 Å². The number of anilines is 1. The Morgan fingerprint density at radius 2 is 1.89 bits per heavy atom. The third kappa shape index (κ3) is 2.68. The van der Waals surface area contributed by atoms with Gasteiger partial charge in [0, 0.05) is 41.8 Å². The van der Waals surface area contributed by atoms with E-state index < -0.39 is 11.7 Å². The van der Waals surface area contributed by atoms with Gasteiger partial charge in [0.15, 0.2) is 0 Å². The highest BCUT2D eigenvalue weighted by Crippen LogP contribution is 2.36. The van der Waals surface area contributed by atoms with Gasteiger partial charge in [-0.2, -0.15) is 0 Å². The van der Waals surface area contributed by atoms with Crippen LogP contribution in [0.15, 0.2) is 45.7 Å². The van der Waals surface area contributed by atoms with Gasteiger partial charge in [0.25, 0.3) is 11.3 Å². The summed E-state index contributed by atoms with van der Waals surface area (Å²) in [5.41, 5.74) is 2.29. The van der Waals surface area contributed by atoms with Crippen molar-refractivity contribution < 1.29 is 9.59 Å². The van der Waals surface area contributed by atoms with E-state index in [1.165, 1.54) is 0 Å². The average molecular weight is 428 g/mol. The van der Waals surface area contributed by atoms with Crippen LogP contribution < -0.4 is 10.5 Å². The van der Waals surface area contributed by atoms with Gasteiger partial charge in [-0.1, -0.05) is 22.0 Å². The number of aromatic nitrogens is 1. The number of carbonyl (C=O) groups is 2. The second-order valence-electron chi connectivity index (χ2n) is 7.60. The van der Waals surface area contributed by atoms with Crippen LogP contribution in [0.2, 0.25) is 0 Å². The fourth-order valence-electron chi connectivity index (χ4n) is 4.72. The van der Waals surface area contributed by atoms with Crippen molar-refractivity contribution in [1.82, 2.24) is 9.47 Å². The number of hydrogen-bond acceptors (Lipinski definition) is 4. The summed E-state index contributed by atoms with van der Waals surface area (Å²) >= 11 is 3.36. The van der Waals surface area contributed by atoms with Gasteiger partial charge in [-0.05, 0) is 36.6 Å². The van der Waals surface area contributed by atoms with Crippen molar-refractivity contribution >= 4 is 33.3 Å². The maximum atomic E-state index is 12.5. The summed E-state index contributed by atoms with van der Waals surface area (Å²) in [6, 6.07) is 10.9. The molecular formula is C20H18BrN3O3. The van der Waals surface area contributed by atoms with Gasteiger partial charge in [-0.15, -0.1) is 0 Å². The quantitative estimate of drug-likeness (QED) is 0.689. The fourth-order valence-corrected chi connectivity index (χ4v) is 5.09. The summed E-state index contributed by atoms with van der Waals surface area (Å²) in [5.74, 6) is -0.241. The molecule has 5 rings (SSSR count). The van der Waals surface area contributed by atoms with Crippen LogP contribution in [0.5, 0.6) is 0 Å². The summed E-state index contributed by atoms with van der Waals surface area (Å²) in [4.78, 5) is 40.8. The summed E-state index contributed by atoms with van der Waals surface area (Å²) in [5, 5.41) is 0. The molecule has 1 fully saturated rings. The zero-order valence-electron chi connectivity index (χ0n) is 14.6. The number of rotatable bonds is 2. The number of ketones is 1. The van der Waals surface area contributed by atoms with Crippen LogP contribution in [0.25, 0.3) is 0 Å². The van der Waals surface area contributed by atoms with Gasteiger partial charge in [0.1, 0.15) is 0 Å². The standard InChI is InChI=1S/C20H18BrN3O3/c21-14-4-5-17-15(7-14)19(26)20(27)24(17)11-22-8-12-6-13(10-22)16-2-1-3-18(25)23(16)9-12/h1-5,7,12-13H,6,8-11H2. The lowest BCUT2D eigenvalue weighted by atomic mass is 9.83. The van der Waals surface area contributed by atoms with E-state index >= 15 is 0 Å². The Balaban J connectivity index is 1.42. The molecule has 2 atom stereocenters. The highest BCUT2D eigenvalue weighted by atomic mass is 79.9. The Bertz CT molecular complexity index is 1030. The molecule has 0 spiro atoms. The Morgan fingerprint density at radius 3 is 2.74 bits per heavy atom. The molecule has 2 aromatic rings. The zero-order chi connectivity index (χ0) is 18.7. The fraction of sp³-hybridized carbons (Fsp3) is 0.350. The number of hydrogen-bond donors (Lipinski definition) is 0. The minimum atomic E-state index is -0.463. The Kier molecular flexibility index (Phi) is 3.84.